The molecule has 1 atom stereocenters. The first-order valence-electron chi connectivity index (χ1n) is 10.2. The lowest BCUT2D eigenvalue weighted by atomic mass is 10.1. The number of nitrogens with zero attached hydrogens (tertiary/aromatic N) is 3. The van der Waals surface area contributed by atoms with Gasteiger partial charge in [0.2, 0.25) is 5.91 Å². The Morgan fingerprint density at radius 1 is 1.23 bits per heavy atom. The van der Waals surface area contributed by atoms with Crippen LogP contribution < -0.4 is 10.6 Å². The van der Waals surface area contributed by atoms with Crippen LogP contribution in [-0.4, -0.2) is 65.9 Å². The van der Waals surface area contributed by atoms with Crippen molar-refractivity contribution in [3.63, 3.8) is 0 Å². The second kappa shape index (κ2) is 11.6. The molecule has 0 spiro atoms. The van der Waals surface area contributed by atoms with Crippen molar-refractivity contribution in [1.29, 1.82) is 0 Å². The van der Waals surface area contributed by atoms with E-state index < -0.39 is 0 Å². The summed E-state index contributed by atoms with van der Waals surface area (Å²) < 4.78 is 0. The Kier molecular flexibility index (Phi) is 9.23. The number of hydrogen-bond donors (Lipinski definition) is 2. The largest absolute Gasteiger partial charge is 0.339 e. The number of amides is 2. The summed E-state index contributed by atoms with van der Waals surface area (Å²) in [5.41, 5.74) is 2.32. The van der Waals surface area contributed by atoms with E-state index in [1.807, 2.05) is 38.2 Å². The molecule has 3 rings (SSSR count). The molecule has 0 aliphatic carbocycles. The van der Waals surface area contributed by atoms with Gasteiger partial charge in [-0.05, 0) is 43.7 Å². The summed E-state index contributed by atoms with van der Waals surface area (Å²) in [5.74, 6) is -0.113. The van der Waals surface area contributed by atoms with Crippen molar-refractivity contribution in [3.05, 3.63) is 59.9 Å². The predicted octanol–water partition coefficient (Wildman–Crippen LogP) is 2.57. The van der Waals surface area contributed by atoms with Crippen molar-refractivity contribution >= 4 is 29.9 Å². The minimum atomic E-state index is -0.0896. The van der Waals surface area contributed by atoms with Crippen molar-refractivity contribution in [3.8, 4) is 0 Å². The summed E-state index contributed by atoms with van der Waals surface area (Å²) >= 11 is 0. The van der Waals surface area contributed by atoms with E-state index >= 15 is 0 Å². The third-order valence-electron chi connectivity index (χ3n) is 5.21. The number of carbonyl (C=O) groups excluding carboxylic acids is 2. The highest BCUT2D eigenvalue weighted by Crippen LogP contribution is 2.21. The van der Waals surface area contributed by atoms with Gasteiger partial charge in [0.05, 0.1) is 6.54 Å². The van der Waals surface area contributed by atoms with Gasteiger partial charge in [-0.2, -0.15) is 0 Å². The van der Waals surface area contributed by atoms with Crippen LogP contribution in [0.1, 0.15) is 35.8 Å². The van der Waals surface area contributed by atoms with Crippen LogP contribution in [0.5, 0.6) is 0 Å². The highest BCUT2D eigenvalue weighted by molar-refractivity contribution is 5.97. The highest BCUT2D eigenvalue weighted by atomic mass is 35.5. The molecule has 2 aromatic rings. The van der Waals surface area contributed by atoms with Crippen LogP contribution in [0.15, 0.2) is 48.8 Å². The Labute approximate surface area is 184 Å². The summed E-state index contributed by atoms with van der Waals surface area (Å²) in [6.45, 7) is 7.93. The van der Waals surface area contributed by atoms with Gasteiger partial charge in [-0.3, -0.25) is 19.5 Å². The molecule has 8 heteroatoms. The smallest absolute Gasteiger partial charge is 0.253 e. The zero-order valence-corrected chi connectivity index (χ0v) is 18.3. The number of benzene rings is 1. The second-order valence-electron chi connectivity index (χ2n) is 7.08. The quantitative estimate of drug-likeness (QED) is 0.704. The van der Waals surface area contributed by atoms with Gasteiger partial charge < -0.3 is 15.5 Å². The summed E-state index contributed by atoms with van der Waals surface area (Å²) in [6.07, 6.45) is 3.61. The third kappa shape index (κ3) is 6.01. The maximum absolute atomic E-state index is 12.7. The summed E-state index contributed by atoms with van der Waals surface area (Å²) in [5, 5.41) is 6.33. The van der Waals surface area contributed by atoms with Gasteiger partial charge in [0, 0.05) is 62.4 Å². The molecule has 162 valence electrons. The lowest BCUT2D eigenvalue weighted by Gasteiger charge is -2.35. The zero-order chi connectivity index (χ0) is 20.6. The van der Waals surface area contributed by atoms with E-state index in [-0.39, 0.29) is 36.8 Å². The zero-order valence-electron chi connectivity index (χ0n) is 17.5. The van der Waals surface area contributed by atoms with Crippen molar-refractivity contribution in [1.82, 2.24) is 20.1 Å². The standard InChI is InChI=1S/C22H29N5O2.ClH/c1-3-26(4-2)22(29)17-7-5-9-19(13-17)25-21(28)16-27-12-11-24-15-20(27)18-8-6-10-23-14-18;/h5-10,13-14,20,24H,3-4,11-12,15-16H2,1-2H3,(H,25,28);1H. The fourth-order valence-electron chi connectivity index (χ4n) is 3.65. The highest BCUT2D eigenvalue weighted by Gasteiger charge is 2.25. The van der Waals surface area contributed by atoms with Crippen molar-refractivity contribution in [2.75, 3.05) is 44.6 Å². The molecule has 1 saturated heterocycles. The first-order valence-corrected chi connectivity index (χ1v) is 10.2. The molecule has 2 N–H and O–H groups in total. The van der Waals surface area contributed by atoms with Gasteiger partial charge in [-0.1, -0.05) is 12.1 Å². The molecule has 0 radical (unpaired) electrons. The monoisotopic (exact) mass is 431 g/mol. The molecule has 1 aliphatic heterocycles. The first-order chi connectivity index (χ1) is 14.1. The van der Waals surface area contributed by atoms with Gasteiger partial charge in [0.25, 0.3) is 5.91 Å². The number of halogens is 1. The van der Waals surface area contributed by atoms with Crippen LogP contribution in [-0.2, 0) is 4.79 Å². The van der Waals surface area contributed by atoms with Gasteiger partial charge in [0.1, 0.15) is 0 Å². The Balaban J connectivity index is 0.00000320. The SMILES string of the molecule is CCN(CC)C(=O)c1cccc(NC(=O)CN2CCNCC2c2cccnc2)c1.Cl. The molecule has 0 bridgehead atoms. The van der Waals surface area contributed by atoms with Crippen LogP contribution >= 0.6 is 12.4 Å². The van der Waals surface area contributed by atoms with Gasteiger partial charge in [-0.15, -0.1) is 12.4 Å². The molecule has 2 heterocycles. The van der Waals surface area contributed by atoms with Crippen LogP contribution in [0.3, 0.4) is 0 Å². The van der Waals surface area contributed by atoms with E-state index in [9.17, 15) is 9.59 Å². The normalized spacial score (nSPS) is 16.4. The number of pyridine rings is 1. The molecule has 1 aliphatic rings. The maximum Gasteiger partial charge on any atom is 0.253 e. The molecular weight excluding hydrogens is 402 g/mol. The van der Waals surface area contributed by atoms with Gasteiger partial charge in [0.15, 0.2) is 0 Å². The molecule has 7 nitrogen and oxygen atoms in total. The third-order valence-corrected chi connectivity index (χ3v) is 5.21. The van der Waals surface area contributed by atoms with E-state index in [2.05, 4.69) is 20.5 Å². The number of piperazine rings is 1. The van der Waals surface area contributed by atoms with E-state index in [4.69, 9.17) is 0 Å². The van der Waals surface area contributed by atoms with Crippen LogP contribution in [0.4, 0.5) is 5.69 Å². The summed E-state index contributed by atoms with van der Waals surface area (Å²) in [7, 11) is 0. The number of anilines is 1. The number of hydrogen-bond acceptors (Lipinski definition) is 5. The van der Waals surface area contributed by atoms with E-state index in [0.29, 0.717) is 24.3 Å². The Morgan fingerprint density at radius 2 is 2.03 bits per heavy atom. The Hall–Kier alpha value is -2.48. The Morgan fingerprint density at radius 3 is 2.73 bits per heavy atom. The van der Waals surface area contributed by atoms with E-state index in [1.54, 1.807) is 29.3 Å². The number of carbonyl (C=O) groups is 2. The van der Waals surface area contributed by atoms with Crippen LogP contribution in [0.25, 0.3) is 0 Å². The number of rotatable bonds is 7. The lowest BCUT2D eigenvalue weighted by molar-refractivity contribution is -0.118. The van der Waals surface area contributed by atoms with Crippen LogP contribution in [0, 0.1) is 0 Å². The van der Waals surface area contributed by atoms with Crippen molar-refractivity contribution in [2.24, 2.45) is 0 Å². The van der Waals surface area contributed by atoms with Crippen LogP contribution in [0.2, 0.25) is 0 Å². The molecule has 1 unspecified atom stereocenters. The number of nitrogens with one attached hydrogen (secondary N) is 2. The average molecular weight is 432 g/mol. The molecule has 0 saturated carbocycles. The van der Waals surface area contributed by atoms with E-state index in [1.165, 1.54) is 0 Å². The average Bonchev–Trinajstić information content (AvgIpc) is 2.75. The molecule has 30 heavy (non-hydrogen) atoms. The molecule has 1 fully saturated rings. The number of aromatic nitrogens is 1. The fourth-order valence-corrected chi connectivity index (χ4v) is 3.65. The maximum atomic E-state index is 12.7. The Bertz CT molecular complexity index is 829. The minimum Gasteiger partial charge on any atom is -0.339 e. The molecule has 2 amide bonds. The topological polar surface area (TPSA) is 77.6 Å². The fraction of sp³-hybridized carbons (Fsp3) is 0.409. The van der Waals surface area contributed by atoms with Gasteiger partial charge >= 0.3 is 0 Å². The summed E-state index contributed by atoms with van der Waals surface area (Å²) in [6, 6.07) is 11.2. The predicted molar refractivity (Wildman–Crippen MR) is 121 cm³/mol. The molecular formula is C22H30ClN5O2. The lowest BCUT2D eigenvalue weighted by Crippen LogP contribution is -2.48. The molecule has 1 aromatic carbocycles. The van der Waals surface area contributed by atoms with Crippen molar-refractivity contribution in [2.45, 2.75) is 19.9 Å². The minimum absolute atomic E-state index is 0. The van der Waals surface area contributed by atoms with Gasteiger partial charge in [-0.25, -0.2) is 0 Å². The summed E-state index contributed by atoms with van der Waals surface area (Å²) in [4.78, 5) is 33.4. The molecule has 1 aromatic heterocycles. The van der Waals surface area contributed by atoms with Crippen molar-refractivity contribution < 1.29 is 9.59 Å². The second-order valence-corrected chi connectivity index (χ2v) is 7.08. The first kappa shape index (κ1) is 23.8. The van der Waals surface area contributed by atoms with E-state index in [0.717, 1.165) is 25.2 Å².